The molecule has 1 amide bonds. The number of carbonyl (C=O) groups is 1. The van der Waals surface area contributed by atoms with Gasteiger partial charge in [-0.2, -0.15) is 5.10 Å². The first-order valence-electron chi connectivity index (χ1n) is 5.51. The number of rotatable bonds is 3. The molecule has 0 saturated heterocycles. The van der Waals surface area contributed by atoms with Crippen molar-refractivity contribution in [2.45, 2.75) is 6.54 Å². The van der Waals surface area contributed by atoms with Crippen molar-refractivity contribution < 1.29 is 9.18 Å². The Morgan fingerprint density at radius 1 is 1.53 bits per heavy atom. The van der Waals surface area contributed by atoms with Gasteiger partial charge in [0.15, 0.2) is 0 Å². The maximum Gasteiger partial charge on any atom is 0.257 e. The third kappa shape index (κ3) is 3.08. The number of halogens is 2. The van der Waals surface area contributed by atoms with E-state index in [0.717, 1.165) is 17.8 Å². The number of carbonyl (C=O) groups excluding carboxylic acids is 1. The summed E-state index contributed by atoms with van der Waals surface area (Å²) in [5.74, 6) is -0.983. The lowest BCUT2D eigenvalue weighted by atomic mass is 10.2. The largest absolute Gasteiger partial charge is 0.337 e. The van der Waals surface area contributed by atoms with Gasteiger partial charge >= 0.3 is 0 Å². The minimum absolute atomic E-state index is 0.00978. The second-order valence-electron chi connectivity index (χ2n) is 4.18. The van der Waals surface area contributed by atoms with Crippen LogP contribution in [0.15, 0.2) is 24.7 Å². The van der Waals surface area contributed by atoms with Crippen molar-refractivity contribution in [1.29, 1.82) is 0 Å². The lowest BCUT2D eigenvalue weighted by Crippen LogP contribution is -2.26. The Labute approximate surface area is 114 Å². The SMILES string of the molecule is CN(Cc1cnn(C)c1)C(=O)c1cc(F)cnc1Cl. The van der Waals surface area contributed by atoms with Crippen molar-refractivity contribution in [2.75, 3.05) is 7.05 Å². The minimum Gasteiger partial charge on any atom is -0.337 e. The van der Waals surface area contributed by atoms with E-state index in [0.29, 0.717) is 6.54 Å². The van der Waals surface area contributed by atoms with Crippen molar-refractivity contribution >= 4 is 17.5 Å². The molecule has 0 aliphatic heterocycles. The summed E-state index contributed by atoms with van der Waals surface area (Å²) in [5, 5.41) is 4.00. The summed E-state index contributed by atoms with van der Waals surface area (Å²) in [6, 6.07) is 1.08. The van der Waals surface area contributed by atoms with Crippen molar-refractivity contribution in [1.82, 2.24) is 19.7 Å². The van der Waals surface area contributed by atoms with Crippen LogP contribution in [0.3, 0.4) is 0 Å². The number of aryl methyl sites for hydroxylation is 1. The molecule has 0 atom stereocenters. The zero-order valence-electron chi connectivity index (χ0n) is 10.5. The smallest absolute Gasteiger partial charge is 0.257 e. The van der Waals surface area contributed by atoms with Gasteiger partial charge in [-0.15, -0.1) is 0 Å². The van der Waals surface area contributed by atoms with Crippen LogP contribution in [0.2, 0.25) is 5.15 Å². The van der Waals surface area contributed by atoms with Gasteiger partial charge in [0.2, 0.25) is 0 Å². The predicted octanol–water partition coefficient (Wildman–Crippen LogP) is 1.88. The maximum absolute atomic E-state index is 13.1. The number of hydrogen-bond acceptors (Lipinski definition) is 3. The van der Waals surface area contributed by atoms with E-state index in [4.69, 9.17) is 11.6 Å². The summed E-state index contributed by atoms with van der Waals surface area (Å²) in [4.78, 5) is 17.2. The van der Waals surface area contributed by atoms with Crippen LogP contribution in [0.4, 0.5) is 4.39 Å². The van der Waals surface area contributed by atoms with E-state index in [1.54, 1.807) is 31.2 Å². The van der Waals surface area contributed by atoms with Gasteiger partial charge in [0.05, 0.1) is 18.0 Å². The molecule has 100 valence electrons. The Kier molecular flexibility index (Phi) is 3.80. The third-order valence-electron chi connectivity index (χ3n) is 2.56. The van der Waals surface area contributed by atoms with Crippen LogP contribution >= 0.6 is 11.6 Å². The molecule has 0 aliphatic carbocycles. The topological polar surface area (TPSA) is 51.0 Å². The van der Waals surface area contributed by atoms with Crippen molar-refractivity contribution in [3.8, 4) is 0 Å². The molecule has 2 aromatic rings. The van der Waals surface area contributed by atoms with Crippen LogP contribution in [-0.2, 0) is 13.6 Å². The molecule has 7 heteroatoms. The number of hydrogen-bond donors (Lipinski definition) is 0. The van der Waals surface area contributed by atoms with Crippen LogP contribution in [0.1, 0.15) is 15.9 Å². The molecule has 2 rings (SSSR count). The number of pyridine rings is 1. The molecule has 2 aromatic heterocycles. The average molecular weight is 283 g/mol. The van der Waals surface area contributed by atoms with E-state index in [1.807, 2.05) is 0 Å². The third-order valence-corrected chi connectivity index (χ3v) is 2.86. The van der Waals surface area contributed by atoms with Crippen molar-refractivity contribution in [3.05, 3.63) is 46.8 Å². The minimum atomic E-state index is -0.595. The molecule has 19 heavy (non-hydrogen) atoms. The predicted molar refractivity (Wildman–Crippen MR) is 68.2 cm³/mol. The molecule has 0 bridgehead atoms. The zero-order chi connectivity index (χ0) is 14.0. The van der Waals surface area contributed by atoms with E-state index in [2.05, 4.69) is 10.1 Å². The van der Waals surface area contributed by atoms with E-state index in [1.165, 1.54) is 4.90 Å². The average Bonchev–Trinajstić information content (AvgIpc) is 2.77. The summed E-state index contributed by atoms with van der Waals surface area (Å²) in [6.07, 6.45) is 4.44. The number of aromatic nitrogens is 3. The van der Waals surface area contributed by atoms with Crippen molar-refractivity contribution in [3.63, 3.8) is 0 Å². The summed E-state index contributed by atoms with van der Waals surface area (Å²) < 4.78 is 14.7. The van der Waals surface area contributed by atoms with Crippen LogP contribution in [0.5, 0.6) is 0 Å². The highest BCUT2D eigenvalue weighted by atomic mass is 35.5. The quantitative estimate of drug-likeness (QED) is 0.808. The Bertz CT molecular complexity index is 614. The van der Waals surface area contributed by atoms with E-state index in [-0.39, 0.29) is 16.6 Å². The molecule has 0 radical (unpaired) electrons. The first-order chi connectivity index (χ1) is 8.97. The molecule has 0 unspecified atom stereocenters. The van der Waals surface area contributed by atoms with E-state index >= 15 is 0 Å². The highest BCUT2D eigenvalue weighted by molar-refractivity contribution is 6.32. The standard InChI is InChI=1S/C12H12ClFN4O/c1-17(6-8-4-16-18(2)7-8)12(19)10-3-9(14)5-15-11(10)13/h3-5,7H,6H2,1-2H3. The Hall–Kier alpha value is -1.95. The first kappa shape index (κ1) is 13.5. The second kappa shape index (κ2) is 5.36. The molecule has 0 aromatic carbocycles. The lowest BCUT2D eigenvalue weighted by Gasteiger charge is -2.16. The van der Waals surface area contributed by atoms with Gasteiger partial charge in [0.25, 0.3) is 5.91 Å². The van der Waals surface area contributed by atoms with Crippen LogP contribution in [0, 0.1) is 5.82 Å². The molecular weight excluding hydrogens is 271 g/mol. The summed E-state index contributed by atoms with van der Waals surface area (Å²) in [5.41, 5.74) is 0.923. The molecule has 0 saturated carbocycles. The molecule has 5 nitrogen and oxygen atoms in total. The highest BCUT2D eigenvalue weighted by Gasteiger charge is 2.17. The normalized spacial score (nSPS) is 10.5. The lowest BCUT2D eigenvalue weighted by molar-refractivity contribution is 0.0784. The molecule has 0 fully saturated rings. The van der Waals surface area contributed by atoms with Crippen LogP contribution in [0.25, 0.3) is 0 Å². The zero-order valence-corrected chi connectivity index (χ0v) is 11.2. The fraction of sp³-hybridized carbons (Fsp3) is 0.250. The van der Waals surface area contributed by atoms with E-state index in [9.17, 15) is 9.18 Å². The fourth-order valence-electron chi connectivity index (χ4n) is 1.68. The van der Waals surface area contributed by atoms with Gasteiger partial charge < -0.3 is 4.90 Å². The van der Waals surface area contributed by atoms with Crippen LogP contribution in [-0.4, -0.2) is 32.6 Å². The highest BCUT2D eigenvalue weighted by Crippen LogP contribution is 2.16. The molecule has 0 spiro atoms. The Morgan fingerprint density at radius 2 is 2.26 bits per heavy atom. The first-order valence-corrected chi connectivity index (χ1v) is 5.89. The van der Waals surface area contributed by atoms with Gasteiger partial charge in [-0.1, -0.05) is 11.6 Å². The van der Waals surface area contributed by atoms with Crippen LogP contribution < -0.4 is 0 Å². The molecule has 0 N–H and O–H groups in total. The van der Waals surface area contributed by atoms with Gasteiger partial charge in [-0.05, 0) is 6.07 Å². The van der Waals surface area contributed by atoms with E-state index < -0.39 is 5.82 Å². The van der Waals surface area contributed by atoms with Gasteiger partial charge in [0, 0.05) is 32.4 Å². The van der Waals surface area contributed by atoms with Crippen molar-refractivity contribution in [2.24, 2.45) is 7.05 Å². The van der Waals surface area contributed by atoms with Gasteiger partial charge in [-0.25, -0.2) is 9.37 Å². The summed E-state index contributed by atoms with van der Waals surface area (Å²) in [6.45, 7) is 0.361. The van der Waals surface area contributed by atoms with Gasteiger partial charge in [-0.3, -0.25) is 9.48 Å². The van der Waals surface area contributed by atoms with Gasteiger partial charge in [0.1, 0.15) is 11.0 Å². The Balaban J connectivity index is 2.16. The maximum atomic E-state index is 13.1. The fourth-order valence-corrected chi connectivity index (χ4v) is 1.86. The summed E-state index contributed by atoms with van der Waals surface area (Å²) in [7, 11) is 3.40. The number of nitrogens with zero attached hydrogens (tertiary/aromatic N) is 4. The number of amides is 1. The summed E-state index contributed by atoms with van der Waals surface area (Å²) >= 11 is 5.80. The molecule has 0 aliphatic rings. The molecular formula is C12H12ClFN4O. The monoisotopic (exact) mass is 282 g/mol. The second-order valence-corrected chi connectivity index (χ2v) is 4.53. The Morgan fingerprint density at radius 3 is 2.89 bits per heavy atom. The molecule has 2 heterocycles.